The van der Waals surface area contributed by atoms with Crippen molar-refractivity contribution in [3.05, 3.63) is 30.1 Å². The Morgan fingerprint density at radius 2 is 1.97 bits per heavy atom. The van der Waals surface area contributed by atoms with E-state index in [1.165, 1.54) is 12.8 Å². The van der Waals surface area contributed by atoms with Crippen molar-refractivity contribution in [3.8, 4) is 11.4 Å². The highest BCUT2D eigenvalue weighted by atomic mass is 16.5. The number of carbonyl (C=O) groups excluding carboxylic acids is 1. The van der Waals surface area contributed by atoms with Crippen LogP contribution in [0.4, 0.5) is 16.3 Å². The van der Waals surface area contributed by atoms with Crippen molar-refractivity contribution in [2.24, 2.45) is 7.05 Å². The number of anilines is 2. The molecule has 3 heterocycles. The Kier molecular flexibility index (Phi) is 5.42. The van der Waals surface area contributed by atoms with E-state index in [1.807, 2.05) is 38.2 Å². The first-order valence-corrected chi connectivity index (χ1v) is 11.3. The number of urea groups is 1. The predicted octanol–water partition coefficient (Wildman–Crippen LogP) is 3.27. The highest BCUT2D eigenvalue weighted by Crippen LogP contribution is 2.41. The van der Waals surface area contributed by atoms with Crippen LogP contribution in [-0.4, -0.2) is 57.9 Å². The molecule has 3 aromatic rings. The van der Waals surface area contributed by atoms with E-state index in [9.17, 15) is 4.79 Å². The molecule has 1 aromatic carbocycles. The molecule has 0 unspecified atom stereocenters. The van der Waals surface area contributed by atoms with Crippen LogP contribution in [0.2, 0.25) is 0 Å². The molecule has 2 aliphatic rings. The number of aryl methyl sites for hydroxylation is 1. The molecule has 9 nitrogen and oxygen atoms in total. The summed E-state index contributed by atoms with van der Waals surface area (Å²) in [5, 5.41) is 5.56. The highest BCUT2D eigenvalue weighted by Gasteiger charge is 2.32. The Balaban J connectivity index is 1.56. The lowest BCUT2D eigenvalue weighted by Crippen LogP contribution is -2.44. The number of fused-ring (bicyclic) bond motifs is 1. The molecule has 2 fully saturated rings. The Morgan fingerprint density at radius 1 is 1.19 bits per heavy atom. The summed E-state index contributed by atoms with van der Waals surface area (Å²) in [6.07, 6.45) is 2.36. The van der Waals surface area contributed by atoms with Gasteiger partial charge in [-0.25, -0.2) is 19.7 Å². The zero-order chi connectivity index (χ0) is 22.2. The van der Waals surface area contributed by atoms with Crippen LogP contribution in [0.15, 0.2) is 24.3 Å². The van der Waals surface area contributed by atoms with Gasteiger partial charge in [-0.2, -0.15) is 0 Å². The topological polar surface area (TPSA) is 97.2 Å². The number of morpholine rings is 1. The number of amides is 2. The van der Waals surface area contributed by atoms with E-state index >= 15 is 0 Å². The Labute approximate surface area is 187 Å². The monoisotopic (exact) mass is 435 g/mol. The fourth-order valence-corrected chi connectivity index (χ4v) is 4.18. The zero-order valence-electron chi connectivity index (χ0n) is 18.8. The van der Waals surface area contributed by atoms with Crippen molar-refractivity contribution < 1.29 is 9.53 Å². The third-order valence-electron chi connectivity index (χ3n) is 6.06. The number of nitrogens with zero attached hydrogens (tertiary/aromatic N) is 5. The van der Waals surface area contributed by atoms with Crippen LogP contribution < -0.4 is 15.5 Å². The molecule has 5 rings (SSSR count). The van der Waals surface area contributed by atoms with E-state index in [0.717, 1.165) is 40.6 Å². The van der Waals surface area contributed by atoms with Crippen LogP contribution in [-0.2, 0) is 11.8 Å². The Bertz CT molecular complexity index is 1140. The predicted molar refractivity (Wildman–Crippen MR) is 124 cm³/mol. The fraction of sp³-hybridized carbons (Fsp3) is 0.478. The third kappa shape index (κ3) is 3.88. The highest BCUT2D eigenvalue weighted by molar-refractivity contribution is 5.90. The van der Waals surface area contributed by atoms with E-state index in [1.54, 1.807) is 0 Å². The summed E-state index contributed by atoms with van der Waals surface area (Å²) in [7, 11) is 2.05. The number of ether oxygens (including phenoxy) is 1. The molecule has 0 bridgehead atoms. The van der Waals surface area contributed by atoms with Gasteiger partial charge < -0.3 is 24.8 Å². The second-order valence-electron chi connectivity index (χ2n) is 8.53. The summed E-state index contributed by atoms with van der Waals surface area (Å²) in [5.74, 6) is 3.14. The van der Waals surface area contributed by atoms with Gasteiger partial charge in [0.15, 0.2) is 22.8 Å². The molecule has 1 aliphatic heterocycles. The molecule has 32 heavy (non-hydrogen) atoms. The van der Waals surface area contributed by atoms with Gasteiger partial charge in [0.25, 0.3) is 0 Å². The van der Waals surface area contributed by atoms with Crippen molar-refractivity contribution in [1.82, 2.24) is 24.8 Å². The van der Waals surface area contributed by atoms with Gasteiger partial charge in [0.05, 0.1) is 19.3 Å². The number of hydrogen-bond donors (Lipinski definition) is 2. The molecule has 168 valence electrons. The number of benzene rings is 1. The number of nitrogens with one attached hydrogen (secondary N) is 2. The molecule has 2 aromatic heterocycles. The van der Waals surface area contributed by atoms with Crippen molar-refractivity contribution in [3.63, 3.8) is 0 Å². The number of imidazole rings is 1. The van der Waals surface area contributed by atoms with Crippen LogP contribution in [0, 0.1) is 0 Å². The normalized spacial score (nSPS) is 18.7. The minimum Gasteiger partial charge on any atom is -0.377 e. The first-order chi connectivity index (χ1) is 15.5. The second-order valence-corrected chi connectivity index (χ2v) is 8.53. The molecule has 2 amide bonds. The molecule has 1 atom stereocenters. The molecule has 1 saturated carbocycles. The molecule has 1 aliphatic carbocycles. The average Bonchev–Trinajstić information content (AvgIpc) is 3.58. The summed E-state index contributed by atoms with van der Waals surface area (Å²) in [4.78, 5) is 29.0. The van der Waals surface area contributed by atoms with Gasteiger partial charge >= 0.3 is 6.03 Å². The van der Waals surface area contributed by atoms with E-state index < -0.39 is 0 Å². The van der Waals surface area contributed by atoms with Gasteiger partial charge in [0, 0.05) is 37.3 Å². The van der Waals surface area contributed by atoms with Crippen LogP contribution in [0.5, 0.6) is 0 Å². The second kappa shape index (κ2) is 8.38. The fourth-order valence-electron chi connectivity index (χ4n) is 4.18. The quantitative estimate of drug-likeness (QED) is 0.638. The maximum absolute atomic E-state index is 11.8. The van der Waals surface area contributed by atoms with E-state index in [2.05, 4.69) is 27.0 Å². The van der Waals surface area contributed by atoms with Gasteiger partial charge in [-0.1, -0.05) is 0 Å². The largest absolute Gasteiger partial charge is 0.377 e. The van der Waals surface area contributed by atoms with E-state index in [-0.39, 0.29) is 12.1 Å². The van der Waals surface area contributed by atoms with Crippen molar-refractivity contribution in [2.75, 3.05) is 36.5 Å². The number of carbonyl (C=O) groups is 1. The molecule has 9 heteroatoms. The molecule has 0 radical (unpaired) electrons. The first-order valence-electron chi connectivity index (χ1n) is 11.3. The van der Waals surface area contributed by atoms with Crippen molar-refractivity contribution >= 4 is 28.7 Å². The molecular formula is C23H29N7O2. The lowest BCUT2D eigenvalue weighted by molar-refractivity contribution is 0.0987. The molecule has 2 N–H and O–H groups in total. The SMILES string of the molecule is CCNC(=O)Nc1ccc(-c2nc(N3CCOC[C@@H]3C)c3nc(C4CC4)n(C)c3n2)cc1. The standard InChI is InChI=1S/C23H29N7O2/c1-4-24-23(31)25-17-9-7-15(8-10-17)19-27-21-18(26-20(29(21)3)16-5-6-16)22(28-19)30-11-12-32-13-14(30)2/h7-10,14,16H,4-6,11-13H2,1-3H3,(H2,24,25,31)/t14-/m0/s1. The molecule has 0 spiro atoms. The lowest BCUT2D eigenvalue weighted by atomic mass is 10.2. The van der Waals surface area contributed by atoms with Gasteiger partial charge in [-0.15, -0.1) is 0 Å². The van der Waals surface area contributed by atoms with Crippen LogP contribution in [0.3, 0.4) is 0 Å². The average molecular weight is 436 g/mol. The molecule has 1 saturated heterocycles. The minimum atomic E-state index is -0.219. The van der Waals surface area contributed by atoms with Crippen molar-refractivity contribution in [2.45, 2.75) is 38.6 Å². The summed E-state index contributed by atoms with van der Waals surface area (Å²) in [6, 6.07) is 7.61. The Morgan fingerprint density at radius 3 is 2.66 bits per heavy atom. The van der Waals surface area contributed by atoms with E-state index in [4.69, 9.17) is 19.7 Å². The Hall–Kier alpha value is -3.20. The summed E-state index contributed by atoms with van der Waals surface area (Å²) >= 11 is 0. The lowest BCUT2D eigenvalue weighted by Gasteiger charge is -2.34. The van der Waals surface area contributed by atoms with Crippen LogP contribution >= 0.6 is 0 Å². The smallest absolute Gasteiger partial charge is 0.319 e. The number of hydrogen-bond acceptors (Lipinski definition) is 6. The maximum Gasteiger partial charge on any atom is 0.319 e. The maximum atomic E-state index is 11.8. The summed E-state index contributed by atoms with van der Waals surface area (Å²) in [5.41, 5.74) is 3.33. The zero-order valence-corrected chi connectivity index (χ0v) is 18.8. The summed E-state index contributed by atoms with van der Waals surface area (Å²) < 4.78 is 7.77. The van der Waals surface area contributed by atoms with Crippen LogP contribution in [0.1, 0.15) is 38.4 Å². The van der Waals surface area contributed by atoms with Gasteiger partial charge in [-0.05, 0) is 51.0 Å². The van der Waals surface area contributed by atoms with Crippen molar-refractivity contribution in [1.29, 1.82) is 0 Å². The van der Waals surface area contributed by atoms with Gasteiger partial charge in [-0.3, -0.25) is 0 Å². The van der Waals surface area contributed by atoms with Gasteiger partial charge in [0.2, 0.25) is 0 Å². The first kappa shape index (κ1) is 20.7. The number of rotatable bonds is 5. The third-order valence-corrected chi connectivity index (χ3v) is 6.06. The number of aromatic nitrogens is 4. The summed E-state index contributed by atoms with van der Waals surface area (Å²) in [6.45, 7) is 6.73. The molecular weight excluding hydrogens is 406 g/mol. The van der Waals surface area contributed by atoms with Gasteiger partial charge in [0.1, 0.15) is 5.82 Å². The minimum absolute atomic E-state index is 0.213. The van der Waals surface area contributed by atoms with E-state index in [0.29, 0.717) is 31.5 Å². The van der Waals surface area contributed by atoms with Crippen LogP contribution in [0.25, 0.3) is 22.6 Å².